The summed E-state index contributed by atoms with van der Waals surface area (Å²) in [5.41, 5.74) is 5.23. The number of aromatic nitrogens is 1. The van der Waals surface area contributed by atoms with Crippen LogP contribution in [0.3, 0.4) is 0 Å². The number of nitriles is 1. The molecule has 1 saturated carbocycles. The molecule has 0 unspecified atom stereocenters. The van der Waals surface area contributed by atoms with Gasteiger partial charge in [-0.25, -0.2) is 4.99 Å². The summed E-state index contributed by atoms with van der Waals surface area (Å²) >= 11 is 0. The van der Waals surface area contributed by atoms with Crippen molar-refractivity contribution >= 4 is 18.1 Å². The van der Waals surface area contributed by atoms with Crippen LogP contribution in [0.4, 0.5) is 0 Å². The van der Waals surface area contributed by atoms with Crippen LogP contribution in [0.15, 0.2) is 17.1 Å². The number of carbonyl (C=O) groups excluding carboxylic acids is 1. The van der Waals surface area contributed by atoms with E-state index in [1.807, 2.05) is 0 Å². The number of nitrogens with one attached hydrogen (secondary N) is 2. The first-order valence-electron chi connectivity index (χ1n) is 11.4. The molecule has 0 aromatic carbocycles. The van der Waals surface area contributed by atoms with Gasteiger partial charge in [-0.05, 0) is 44.7 Å². The zero-order chi connectivity index (χ0) is 23.6. The lowest BCUT2D eigenvalue weighted by Crippen LogP contribution is -2.40. The molecule has 178 valence electrons. The van der Waals surface area contributed by atoms with Crippen molar-refractivity contribution in [2.75, 3.05) is 6.61 Å². The molecule has 0 radical (unpaired) electrons. The van der Waals surface area contributed by atoms with Crippen molar-refractivity contribution in [3.63, 3.8) is 0 Å². The molecular weight excluding hydrogens is 426 g/mol. The number of rotatable bonds is 7. The second-order valence-corrected chi connectivity index (χ2v) is 9.34. The maximum absolute atomic E-state index is 12.5. The number of nitrogens with two attached hydrogens (primary N) is 1. The molecule has 0 bridgehead atoms. The number of carbonyl (C=O) groups is 1. The van der Waals surface area contributed by atoms with E-state index in [1.54, 1.807) is 26.0 Å². The summed E-state index contributed by atoms with van der Waals surface area (Å²) in [5, 5.41) is 17.3. The maximum Gasteiger partial charge on any atom is 0.306 e. The minimum atomic E-state index is -1.51. The van der Waals surface area contributed by atoms with E-state index < -0.39 is 29.7 Å². The lowest BCUT2D eigenvalue weighted by molar-refractivity contribution is -0.206. The Morgan fingerprint density at radius 3 is 2.79 bits per heavy atom. The van der Waals surface area contributed by atoms with Gasteiger partial charge in [-0.2, -0.15) is 5.26 Å². The van der Waals surface area contributed by atoms with Crippen LogP contribution in [0.2, 0.25) is 0 Å². The van der Waals surface area contributed by atoms with Gasteiger partial charge < -0.3 is 29.7 Å². The Balaban J connectivity index is 1.52. The summed E-state index contributed by atoms with van der Waals surface area (Å²) in [7, 11) is 0. The zero-order valence-electron chi connectivity index (χ0n) is 19.0. The second-order valence-electron chi connectivity index (χ2n) is 9.34. The minimum absolute atomic E-state index is 0.0272. The normalized spacial score (nSPS) is 31.7. The molecule has 10 nitrogen and oxygen atoms in total. The number of esters is 1. The van der Waals surface area contributed by atoms with Gasteiger partial charge in [0.05, 0.1) is 11.4 Å². The van der Waals surface area contributed by atoms with E-state index >= 15 is 0 Å². The number of hydrogen-bond donors (Lipinski definition) is 3. The van der Waals surface area contributed by atoms with Crippen molar-refractivity contribution in [3.05, 3.63) is 23.5 Å². The predicted molar refractivity (Wildman–Crippen MR) is 118 cm³/mol. The van der Waals surface area contributed by atoms with E-state index in [1.165, 1.54) is 6.42 Å². The van der Waals surface area contributed by atoms with Gasteiger partial charge in [0.25, 0.3) is 0 Å². The summed E-state index contributed by atoms with van der Waals surface area (Å²) in [6.07, 6.45) is 4.89. The number of aromatic amines is 1. The van der Waals surface area contributed by atoms with Crippen LogP contribution in [0.25, 0.3) is 0 Å². The number of H-pyrrole nitrogens is 1. The zero-order valence-corrected chi connectivity index (χ0v) is 19.0. The summed E-state index contributed by atoms with van der Waals surface area (Å²) in [4.78, 5) is 19.3. The largest absolute Gasteiger partial charge is 0.463 e. The van der Waals surface area contributed by atoms with E-state index in [0.717, 1.165) is 32.0 Å². The molecule has 2 saturated heterocycles. The molecule has 0 amide bonds. The van der Waals surface area contributed by atoms with Gasteiger partial charge in [0.15, 0.2) is 5.79 Å². The predicted octanol–water partition coefficient (Wildman–Crippen LogP) is 2.48. The Kier molecular flexibility index (Phi) is 6.56. The fourth-order valence-corrected chi connectivity index (χ4v) is 5.01. The van der Waals surface area contributed by atoms with Gasteiger partial charge in [0.2, 0.25) is 5.60 Å². The SMILES string of the molecule is CC1(C)O[C@H]2[C@@H](O1)[C@](C#N)(c1ccc(/C(N)=N\C=N)[nH]1)O[C@@H]2COC(=O)CC1CCCCC1. The molecule has 4 N–H and O–H groups in total. The molecule has 4 rings (SSSR count). The molecule has 0 spiro atoms. The fraction of sp³-hybridized carbons (Fsp3) is 0.652. The molecule has 10 heteroatoms. The first-order chi connectivity index (χ1) is 15.8. The number of nitrogens with zero attached hydrogens (tertiary/aromatic N) is 2. The van der Waals surface area contributed by atoms with E-state index in [9.17, 15) is 10.1 Å². The molecule has 3 heterocycles. The summed E-state index contributed by atoms with van der Waals surface area (Å²) in [5.74, 6) is -0.706. The Morgan fingerprint density at radius 1 is 1.33 bits per heavy atom. The van der Waals surface area contributed by atoms with E-state index in [4.69, 9.17) is 30.1 Å². The van der Waals surface area contributed by atoms with Crippen LogP contribution in [0.5, 0.6) is 0 Å². The maximum atomic E-state index is 12.5. The standard InChI is InChI=1S/C23H31N5O5/c1-22(2)32-19-16(11-30-18(29)10-14-6-4-3-5-7-14)31-23(12-24,20(19)33-22)17-9-8-15(28-17)21(26)27-13-25/h8-9,13-14,16,19-20,28H,3-7,10-11H2,1-2H3,(H3,25,26,27)/t16-,19-,20-,23+/m1/s1. The first kappa shape index (κ1) is 23.4. The van der Waals surface area contributed by atoms with E-state index in [0.29, 0.717) is 23.7 Å². The lowest BCUT2D eigenvalue weighted by atomic mass is 9.87. The molecular formula is C23H31N5O5. The Morgan fingerprint density at radius 2 is 2.09 bits per heavy atom. The second kappa shape index (κ2) is 9.25. The highest BCUT2D eigenvalue weighted by molar-refractivity contribution is 5.99. The third kappa shape index (κ3) is 4.67. The van der Waals surface area contributed by atoms with Crippen LogP contribution in [0, 0.1) is 22.7 Å². The number of fused-ring (bicyclic) bond motifs is 1. The number of hydrogen-bond acceptors (Lipinski definition) is 7. The lowest BCUT2D eigenvalue weighted by Gasteiger charge is -2.28. The average molecular weight is 458 g/mol. The summed E-state index contributed by atoms with van der Waals surface area (Å²) in [6.45, 7) is 3.52. The van der Waals surface area contributed by atoms with Gasteiger partial charge in [0.1, 0.15) is 43.2 Å². The minimum Gasteiger partial charge on any atom is -0.463 e. The summed E-state index contributed by atoms with van der Waals surface area (Å²) in [6, 6.07) is 5.58. The highest BCUT2D eigenvalue weighted by atomic mass is 16.8. The topological polar surface area (TPSA) is 156 Å². The van der Waals surface area contributed by atoms with Crippen LogP contribution >= 0.6 is 0 Å². The highest BCUT2D eigenvalue weighted by Crippen LogP contribution is 2.48. The number of aliphatic imine (C=N–C) groups is 1. The van der Waals surface area contributed by atoms with Crippen molar-refractivity contribution in [3.8, 4) is 6.07 Å². The molecule has 2 aliphatic heterocycles. The van der Waals surface area contributed by atoms with Gasteiger partial charge in [0, 0.05) is 6.42 Å². The molecule has 3 fully saturated rings. The van der Waals surface area contributed by atoms with Crippen LogP contribution < -0.4 is 5.73 Å². The fourth-order valence-electron chi connectivity index (χ4n) is 5.01. The van der Waals surface area contributed by atoms with Crippen molar-refractivity contribution in [1.29, 1.82) is 10.7 Å². The van der Waals surface area contributed by atoms with Crippen molar-refractivity contribution in [2.45, 2.75) is 82.1 Å². The van der Waals surface area contributed by atoms with Crippen molar-refractivity contribution in [1.82, 2.24) is 4.98 Å². The van der Waals surface area contributed by atoms with Crippen LogP contribution in [-0.4, -0.2) is 53.8 Å². The number of amidine groups is 1. The van der Waals surface area contributed by atoms with Crippen LogP contribution in [0.1, 0.15) is 63.8 Å². The van der Waals surface area contributed by atoms with Crippen LogP contribution in [-0.2, 0) is 29.3 Å². The summed E-state index contributed by atoms with van der Waals surface area (Å²) < 4.78 is 23.9. The highest BCUT2D eigenvalue weighted by Gasteiger charge is 2.65. The first-order valence-corrected chi connectivity index (χ1v) is 11.4. The average Bonchev–Trinajstić information content (AvgIpc) is 3.46. The smallest absolute Gasteiger partial charge is 0.306 e. The Hall–Kier alpha value is -2.74. The third-order valence-corrected chi connectivity index (χ3v) is 6.55. The Bertz CT molecular complexity index is 961. The molecule has 1 aromatic heterocycles. The quantitative estimate of drug-likeness (QED) is 0.322. The Labute approximate surface area is 192 Å². The van der Waals surface area contributed by atoms with E-state index in [-0.39, 0.29) is 18.4 Å². The van der Waals surface area contributed by atoms with Gasteiger partial charge >= 0.3 is 5.97 Å². The van der Waals surface area contributed by atoms with E-state index in [2.05, 4.69) is 16.0 Å². The third-order valence-electron chi connectivity index (χ3n) is 6.55. The monoisotopic (exact) mass is 457 g/mol. The molecule has 33 heavy (non-hydrogen) atoms. The molecule has 1 aromatic rings. The van der Waals surface area contributed by atoms with Crippen molar-refractivity contribution in [2.24, 2.45) is 16.6 Å². The number of ether oxygens (including phenoxy) is 4. The molecule has 3 aliphatic rings. The van der Waals surface area contributed by atoms with Crippen molar-refractivity contribution < 1.29 is 23.7 Å². The molecule has 1 aliphatic carbocycles. The van der Waals surface area contributed by atoms with Gasteiger partial charge in [-0.15, -0.1) is 0 Å². The van der Waals surface area contributed by atoms with Gasteiger partial charge in [-0.3, -0.25) is 10.2 Å². The van der Waals surface area contributed by atoms with Gasteiger partial charge in [-0.1, -0.05) is 19.3 Å². The molecule has 4 atom stereocenters.